The maximum Gasteiger partial charge on any atom is 0.0892 e. The van der Waals surface area contributed by atoms with Crippen molar-refractivity contribution in [1.29, 1.82) is 0 Å². The van der Waals surface area contributed by atoms with Crippen LogP contribution in [0, 0.1) is 0 Å². The van der Waals surface area contributed by atoms with Crippen molar-refractivity contribution in [3.05, 3.63) is 205 Å². The van der Waals surface area contributed by atoms with Gasteiger partial charge < -0.3 is 9.80 Å². The summed E-state index contributed by atoms with van der Waals surface area (Å²) in [6, 6.07) is 60.2. The zero-order chi connectivity index (χ0) is 37.3. The highest BCUT2D eigenvalue weighted by molar-refractivity contribution is 8.00. The lowest BCUT2D eigenvalue weighted by Crippen LogP contribution is -2.14. The average Bonchev–Trinajstić information content (AvgIpc) is 3.26. The van der Waals surface area contributed by atoms with E-state index in [1.807, 2.05) is 48.1 Å². The van der Waals surface area contributed by atoms with Gasteiger partial charge in [-0.2, -0.15) is 0 Å². The molecule has 56 heavy (non-hydrogen) atoms. The van der Waals surface area contributed by atoms with E-state index in [4.69, 9.17) is 0 Å². The number of rotatable bonds is 7. The molecular weight excluding hydrogens is 721 g/mol. The van der Waals surface area contributed by atoms with Gasteiger partial charge in [0.2, 0.25) is 0 Å². The number of aromatic nitrogens is 2. The minimum absolute atomic E-state index is 0.836. The molecule has 0 fully saturated rings. The first kappa shape index (κ1) is 33.9. The van der Waals surface area contributed by atoms with Crippen LogP contribution in [0.1, 0.15) is 22.3 Å². The quantitative estimate of drug-likeness (QED) is 0.161. The Morgan fingerprint density at radius 1 is 0.339 bits per heavy atom. The summed E-state index contributed by atoms with van der Waals surface area (Å²) in [5.74, 6) is 0. The van der Waals surface area contributed by atoms with Gasteiger partial charge in [-0.25, -0.2) is 0 Å². The Hall–Kier alpha value is -6.60. The van der Waals surface area contributed by atoms with Crippen molar-refractivity contribution in [3.8, 4) is 11.4 Å². The molecule has 0 N–H and O–H groups in total. The predicted molar refractivity (Wildman–Crippen MR) is 236 cm³/mol. The molecule has 8 aromatic rings. The molecule has 0 aliphatic carbocycles. The maximum absolute atomic E-state index is 4.68. The molecule has 6 heteroatoms. The van der Waals surface area contributed by atoms with E-state index in [1.54, 1.807) is 0 Å². The summed E-state index contributed by atoms with van der Waals surface area (Å²) in [7, 11) is 0. The van der Waals surface area contributed by atoms with Crippen molar-refractivity contribution in [2.75, 3.05) is 9.80 Å². The van der Waals surface area contributed by atoms with Gasteiger partial charge in [-0.1, -0.05) is 121 Å². The third-order valence-corrected chi connectivity index (χ3v) is 12.2. The number of benzene rings is 6. The molecule has 0 bridgehead atoms. The molecule has 2 aliphatic heterocycles. The van der Waals surface area contributed by atoms with Crippen LogP contribution in [-0.2, 0) is 0 Å². The molecule has 0 spiro atoms. The highest BCUT2D eigenvalue weighted by Gasteiger charge is 2.25. The van der Waals surface area contributed by atoms with Gasteiger partial charge >= 0.3 is 0 Å². The molecule has 266 valence electrons. The molecule has 2 aliphatic rings. The van der Waals surface area contributed by atoms with Gasteiger partial charge in [0, 0.05) is 43.4 Å². The highest BCUT2D eigenvalue weighted by atomic mass is 32.2. The first-order valence-corrected chi connectivity index (χ1v) is 20.2. The van der Waals surface area contributed by atoms with Crippen molar-refractivity contribution in [2.45, 2.75) is 19.6 Å². The standard InChI is InChI=1S/C50H34N4S2/c1-5-13-47-43(9-1)53(44-10-2-6-14-48(44)55-47)39-25-21-35(22-26-39)17-19-37-29-31-51-41(33-37)42-34-38(30-32-52-42)20-18-36-23-27-40(28-24-36)54-45-11-3-7-15-49(45)56-50-16-8-4-12-46(50)54/h1-34H/b19-17+,20-18+. The number of hydrogen-bond donors (Lipinski definition) is 0. The molecular formula is C50H34N4S2. The lowest BCUT2D eigenvalue weighted by Gasteiger charge is -2.32. The lowest BCUT2D eigenvalue weighted by molar-refractivity contribution is 1.17. The van der Waals surface area contributed by atoms with Gasteiger partial charge in [-0.05, 0) is 119 Å². The number of nitrogens with zero attached hydrogens (tertiary/aromatic N) is 4. The average molecular weight is 755 g/mol. The van der Waals surface area contributed by atoms with E-state index in [0.717, 1.165) is 45.0 Å². The van der Waals surface area contributed by atoms with Crippen LogP contribution >= 0.6 is 23.5 Å². The van der Waals surface area contributed by atoms with Crippen LogP contribution in [0.4, 0.5) is 34.1 Å². The fourth-order valence-corrected chi connectivity index (χ4v) is 9.32. The first-order valence-electron chi connectivity index (χ1n) is 18.5. The van der Waals surface area contributed by atoms with Crippen molar-refractivity contribution in [1.82, 2.24) is 9.97 Å². The lowest BCUT2D eigenvalue weighted by atomic mass is 10.1. The normalized spacial score (nSPS) is 13.0. The summed E-state index contributed by atoms with van der Waals surface area (Å²) >= 11 is 3.65. The van der Waals surface area contributed by atoms with Crippen molar-refractivity contribution in [3.63, 3.8) is 0 Å². The number of hydrogen-bond acceptors (Lipinski definition) is 6. The molecule has 0 radical (unpaired) electrons. The highest BCUT2D eigenvalue weighted by Crippen LogP contribution is 2.52. The largest absolute Gasteiger partial charge is 0.308 e. The summed E-state index contributed by atoms with van der Waals surface area (Å²) in [5, 5.41) is 0. The second kappa shape index (κ2) is 14.9. The molecule has 0 saturated carbocycles. The van der Waals surface area contributed by atoms with E-state index >= 15 is 0 Å². The zero-order valence-electron chi connectivity index (χ0n) is 30.2. The second-order valence-corrected chi connectivity index (χ2v) is 15.7. The molecule has 0 amide bonds. The van der Waals surface area contributed by atoms with E-state index in [0.29, 0.717) is 0 Å². The summed E-state index contributed by atoms with van der Waals surface area (Å²) < 4.78 is 0. The second-order valence-electron chi connectivity index (χ2n) is 13.5. The Morgan fingerprint density at radius 2 is 0.661 bits per heavy atom. The number of para-hydroxylation sites is 4. The Kier molecular flexibility index (Phi) is 9.03. The van der Waals surface area contributed by atoms with Gasteiger partial charge in [0.15, 0.2) is 0 Å². The topological polar surface area (TPSA) is 32.3 Å². The van der Waals surface area contributed by atoms with Crippen LogP contribution in [0.2, 0.25) is 0 Å². The number of fused-ring (bicyclic) bond motifs is 4. The van der Waals surface area contributed by atoms with Crippen LogP contribution in [0.3, 0.4) is 0 Å². The molecule has 4 heterocycles. The van der Waals surface area contributed by atoms with E-state index in [9.17, 15) is 0 Å². The van der Waals surface area contributed by atoms with Crippen LogP contribution in [0.5, 0.6) is 0 Å². The third-order valence-electron chi connectivity index (χ3n) is 9.93. The summed E-state index contributed by atoms with van der Waals surface area (Å²) in [5.41, 5.74) is 13.2. The Balaban J connectivity index is 0.843. The van der Waals surface area contributed by atoms with Crippen LogP contribution < -0.4 is 9.80 Å². The van der Waals surface area contributed by atoms with E-state index in [-0.39, 0.29) is 0 Å². The molecule has 0 saturated heterocycles. The summed E-state index contributed by atoms with van der Waals surface area (Å²) in [6.45, 7) is 0. The Labute approximate surface area is 335 Å². The Bertz CT molecular complexity index is 2490. The fourth-order valence-electron chi connectivity index (χ4n) is 7.20. The number of anilines is 6. The van der Waals surface area contributed by atoms with Gasteiger partial charge in [-0.15, -0.1) is 0 Å². The summed E-state index contributed by atoms with van der Waals surface area (Å²) in [6.07, 6.45) is 12.3. The fraction of sp³-hybridized carbons (Fsp3) is 0. The first-order chi connectivity index (χ1) is 27.7. The van der Waals surface area contributed by atoms with E-state index in [2.05, 4.69) is 202 Å². The smallest absolute Gasteiger partial charge is 0.0892 e. The SMILES string of the molecule is C(=C\c1ccnc(-c2cc(/C=C/c3ccc(N4c5ccccc5Sc5ccccc54)cc3)ccn2)c1)/c1ccc(N2c3ccccc3Sc3ccccc32)cc1. The molecule has 0 atom stereocenters. The van der Waals surface area contributed by atoms with Gasteiger partial charge in [0.05, 0.1) is 34.1 Å². The maximum atomic E-state index is 4.68. The Morgan fingerprint density at radius 3 is 1.02 bits per heavy atom. The van der Waals surface area contributed by atoms with Gasteiger partial charge in [-0.3, -0.25) is 9.97 Å². The van der Waals surface area contributed by atoms with E-state index < -0.39 is 0 Å². The minimum Gasteiger partial charge on any atom is -0.308 e. The third kappa shape index (κ3) is 6.70. The van der Waals surface area contributed by atoms with Crippen molar-refractivity contribution < 1.29 is 0 Å². The minimum atomic E-state index is 0.836. The van der Waals surface area contributed by atoms with Crippen molar-refractivity contribution >= 4 is 82.0 Å². The monoisotopic (exact) mass is 754 g/mol. The zero-order valence-corrected chi connectivity index (χ0v) is 31.9. The summed E-state index contributed by atoms with van der Waals surface area (Å²) in [4.78, 5) is 19.1. The molecule has 0 unspecified atom stereocenters. The molecule has 2 aromatic heterocycles. The predicted octanol–water partition coefficient (Wildman–Crippen LogP) is 14.4. The van der Waals surface area contributed by atoms with E-state index in [1.165, 1.54) is 42.3 Å². The number of pyridine rings is 2. The molecule has 4 nitrogen and oxygen atoms in total. The molecule has 6 aromatic carbocycles. The van der Waals surface area contributed by atoms with Crippen LogP contribution in [0.25, 0.3) is 35.7 Å². The van der Waals surface area contributed by atoms with Gasteiger partial charge in [0.1, 0.15) is 0 Å². The van der Waals surface area contributed by atoms with Crippen LogP contribution in [0.15, 0.2) is 202 Å². The molecule has 10 rings (SSSR count). The van der Waals surface area contributed by atoms with Gasteiger partial charge in [0.25, 0.3) is 0 Å². The van der Waals surface area contributed by atoms with Crippen LogP contribution in [-0.4, -0.2) is 9.97 Å². The van der Waals surface area contributed by atoms with Crippen molar-refractivity contribution in [2.24, 2.45) is 0 Å².